The minimum atomic E-state index is 0.507. The molecule has 3 rings (SSSR count). The van der Waals surface area contributed by atoms with Gasteiger partial charge in [-0.2, -0.15) is 20.1 Å². The molecule has 3 aromatic rings. The van der Waals surface area contributed by atoms with E-state index in [-0.39, 0.29) is 0 Å². The third-order valence-electron chi connectivity index (χ3n) is 2.90. The predicted octanol–water partition coefficient (Wildman–Crippen LogP) is 2.55. The normalized spacial score (nSPS) is 10.5. The second-order valence-electron chi connectivity index (χ2n) is 4.53. The van der Waals surface area contributed by atoms with Crippen LogP contribution >= 0.6 is 0 Å². The van der Waals surface area contributed by atoms with E-state index in [1.807, 2.05) is 42.6 Å². The standard InChI is InChI=1S/C15H16N6/c1-2-9-16-14-18-13(12-7-4-3-5-8-12)19-15(20-14)21-11-6-10-17-21/h3-8,10-11H,2,9H2,1H3,(H,16,18,19,20). The first-order chi connectivity index (χ1) is 10.4. The summed E-state index contributed by atoms with van der Waals surface area (Å²) in [5.41, 5.74) is 0.952. The van der Waals surface area contributed by atoms with Gasteiger partial charge >= 0.3 is 0 Å². The fraction of sp³-hybridized carbons (Fsp3) is 0.200. The molecule has 2 heterocycles. The monoisotopic (exact) mass is 280 g/mol. The van der Waals surface area contributed by atoms with Crippen molar-refractivity contribution in [2.24, 2.45) is 0 Å². The second-order valence-corrected chi connectivity index (χ2v) is 4.53. The van der Waals surface area contributed by atoms with Gasteiger partial charge in [-0.05, 0) is 12.5 Å². The molecule has 21 heavy (non-hydrogen) atoms. The summed E-state index contributed by atoms with van der Waals surface area (Å²) in [4.78, 5) is 13.4. The van der Waals surface area contributed by atoms with Crippen LogP contribution in [0.3, 0.4) is 0 Å². The summed E-state index contributed by atoms with van der Waals surface area (Å²) in [5.74, 6) is 1.71. The molecule has 2 aromatic heterocycles. The van der Waals surface area contributed by atoms with Crippen LogP contribution in [0, 0.1) is 0 Å². The first kappa shape index (κ1) is 13.2. The average molecular weight is 280 g/mol. The third kappa shape index (κ3) is 3.05. The first-order valence-electron chi connectivity index (χ1n) is 6.92. The van der Waals surface area contributed by atoms with Gasteiger partial charge in [-0.25, -0.2) is 4.68 Å². The zero-order chi connectivity index (χ0) is 14.5. The summed E-state index contributed by atoms with van der Waals surface area (Å²) >= 11 is 0. The number of nitrogens with one attached hydrogen (secondary N) is 1. The zero-order valence-electron chi connectivity index (χ0n) is 11.8. The number of nitrogens with zero attached hydrogens (tertiary/aromatic N) is 5. The van der Waals surface area contributed by atoms with E-state index < -0.39 is 0 Å². The lowest BCUT2D eigenvalue weighted by Crippen LogP contribution is -2.10. The van der Waals surface area contributed by atoms with Crippen molar-refractivity contribution in [3.05, 3.63) is 48.8 Å². The van der Waals surface area contributed by atoms with Gasteiger partial charge in [0.1, 0.15) is 0 Å². The molecule has 0 aliphatic carbocycles. The lowest BCUT2D eigenvalue weighted by atomic mass is 10.2. The van der Waals surface area contributed by atoms with E-state index >= 15 is 0 Å². The summed E-state index contributed by atoms with van der Waals surface area (Å²) < 4.78 is 1.63. The van der Waals surface area contributed by atoms with Crippen molar-refractivity contribution in [2.45, 2.75) is 13.3 Å². The summed E-state index contributed by atoms with van der Waals surface area (Å²) in [6.45, 7) is 2.91. The van der Waals surface area contributed by atoms with Crippen LogP contribution in [0.15, 0.2) is 48.8 Å². The van der Waals surface area contributed by atoms with Gasteiger partial charge in [-0.3, -0.25) is 0 Å². The molecule has 106 valence electrons. The number of rotatable bonds is 5. The van der Waals surface area contributed by atoms with Crippen molar-refractivity contribution >= 4 is 5.95 Å². The maximum atomic E-state index is 4.49. The molecule has 0 unspecified atom stereocenters. The van der Waals surface area contributed by atoms with E-state index in [1.165, 1.54) is 0 Å². The molecule has 0 bridgehead atoms. The third-order valence-corrected chi connectivity index (χ3v) is 2.90. The number of aromatic nitrogens is 5. The number of benzene rings is 1. The molecule has 0 atom stereocenters. The Morgan fingerprint density at radius 2 is 1.90 bits per heavy atom. The van der Waals surface area contributed by atoms with Crippen molar-refractivity contribution < 1.29 is 0 Å². The molecule has 0 fully saturated rings. The van der Waals surface area contributed by atoms with Crippen LogP contribution in [0.2, 0.25) is 0 Å². The van der Waals surface area contributed by atoms with Gasteiger partial charge in [0.25, 0.3) is 5.95 Å². The molecule has 0 radical (unpaired) electrons. The quantitative estimate of drug-likeness (QED) is 0.778. The Hall–Kier alpha value is -2.76. The van der Waals surface area contributed by atoms with Gasteiger partial charge in [0.2, 0.25) is 5.95 Å². The van der Waals surface area contributed by atoms with E-state index in [0.717, 1.165) is 18.5 Å². The van der Waals surface area contributed by atoms with Crippen molar-refractivity contribution in [1.29, 1.82) is 0 Å². The van der Waals surface area contributed by atoms with Gasteiger partial charge in [-0.1, -0.05) is 37.3 Å². The van der Waals surface area contributed by atoms with E-state index in [4.69, 9.17) is 0 Å². The van der Waals surface area contributed by atoms with E-state index in [1.54, 1.807) is 10.9 Å². The minimum absolute atomic E-state index is 0.507. The highest BCUT2D eigenvalue weighted by Crippen LogP contribution is 2.16. The Morgan fingerprint density at radius 3 is 2.62 bits per heavy atom. The lowest BCUT2D eigenvalue weighted by molar-refractivity contribution is 0.796. The van der Waals surface area contributed by atoms with Crippen LogP contribution < -0.4 is 5.32 Å². The van der Waals surface area contributed by atoms with E-state index in [2.05, 4.69) is 32.3 Å². The van der Waals surface area contributed by atoms with Crippen LogP contribution in [-0.4, -0.2) is 31.3 Å². The number of anilines is 1. The highest BCUT2D eigenvalue weighted by molar-refractivity contribution is 5.56. The van der Waals surface area contributed by atoms with Gasteiger partial charge in [0, 0.05) is 24.5 Å². The second kappa shape index (κ2) is 6.13. The van der Waals surface area contributed by atoms with Crippen molar-refractivity contribution in [1.82, 2.24) is 24.7 Å². The first-order valence-corrected chi connectivity index (χ1v) is 6.92. The fourth-order valence-electron chi connectivity index (χ4n) is 1.89. The highest BCUT2D eigenvalue weighted by atomic mass is 15.4. The summed E-state index contributed by atoms with van der Waals surface area (Å²) in [5, 5.41) is 7.38. The van der Waals surface area contributed by atoms with Crippen molar-refractivity contribution in [3.63, 3.8) is 0 Å². The maximum Gasteiger partial charge on any atom is 0.255 e. The Morgan fingerprint density at radius 1 is 1.05 bits per heavy atom. The van der Waals surface area contributed by atoms with E-state index in [9.17, 15) is 0 Å². The average Bonchev–Trinajstić information content (AvgIpc) is 3.08. The molecule has 1 N–H and O–H groups in total. The topological polar surface area (TPSA) is 68.5 Å². The molecule has 0 spiro atoms. The molecular formula is C15H16N6. The number of hydrogen-bond donors (Lipinski definition) is 1. The molecule has 0 aliphatic rings. The summed E-state index contributed by atoms with van der Waals surface area (Å²) in [6.07, 6.45) is 4.52. The van der Waals surface area contributed by atoms with Gasteiger partial charge in [0.15, 0.2) is 5.82 Å². The van der Waals surface area contributed by atoms with Crippen LogP contribution in [0.4, 0.5) is 5.95 Å². The Kier molecular flexibility index (Phi) is 3.86. The molecule has 0 saturated carbocycles. The maximum absolute atomic E-state index is 4.49. The van der Waals surface area contributed by atoms with Gasteiger partial charge < -0.3 is 5.32 Å². The number of hydrogen-bond acceptors (Lipinski definition) is 5. The van der Waals surface area contributed by atoms with Crippen LogP contribution in [0.5, 0.6) is 0 Å². The van der Waals surface area contributed by atoms with Gasteiger partial charge in [-0.15, -0.1) is 0 Å². The molecule has 6 nitrogen and oxygen atoms in total. The van der Waals surface area contributed by atoms with Crippen LogP contribution in [-0.2, 0) is 0 Å². The Balaban J connectivity index is 2.05. The fourth-order valence-corrected chi connectivity index (χ4v) is 1.89. The van der Waals surface area contributed by atoms with Crippen LogP contribution in [0.1, 0.15) is 13.3 Å². The Labute approximate surface area is 122 Å². The van der Waals surface area contributed by atoms with Crippen molar-refractivity contribution in [2.75, 3.05) is 11.9 Å². The van der Waals surface area contributed by atoms with Crippen molar-refractivity contribution in [3.8, 4) is 17.3 Å². The molecular weight excluding hydrogens is 264 g/mol. The summed E-state index contributed by atoms with van der Waals surface area (Å²) in [6, 6.07) is 11.7. The van der Waals surface area contributed by atoms with Gasteiger partial charge in [0.05, 0.1) is 0 Å². The molecule has 0 saturated heterocycles. The van der Waals surface area contributed by atoms with Crippen LogP contribution in [0.25, 0.3) is 17.3 Å². The predicted molar refractivity (Wildman–Crippen MR) is 81.2 cm³/mol. The molecule has 6 heteroatoms. The lowest BCUT2D eigenvalue weighted by Gasteiger charge is -2.08. The largest absolute Gasteiger partial charge is 0.354 e. The molecule has 0 aliphatic heterocycles. The zero-order valence-corrected chi connectivity index (χ0v) is 11.8. The minimum Gasteiger partial charge on any atom is -0.354 e. The Bertz CT molecular complexity index is 693. The molecule has 0 amide bonds. The smallest absolute Gasteiger partial charge is 0.255 e. The SMILES string of the molecule is CCCNc1nc(-c2ccccc2)nc(-n2cccn2)n1. The summed E-state index contributed by atoms with van der Waals surface area (Å²) in [7, 11) is 0. The van der Waals surface area contributed by atoms with E-state index in [0.29, 0.717) is 17.7 Å². The highest BCUT2D eigenvalue weighted by Gasteiger charge is 2.09. The molecule has 1 aromatic carbocycles.